The number of hydrogen-bond acceptors (Lipinski definition) is 5. The van der Waals surface area contributed by atoms with Gasteiger partial charge in [0.05, 0.1) is 24.8 Å². The van der Waals surface area contributed by atoms with Crippen molar-refractivity contribution in [3.8, 4) is 11.5 Å². The van der Waals surface area contributed by atoms with Gasteiger partial charge in [-0.3, -0.25) is 9.69 Å². The van der Waals surface area contributed by atoms with Crippen molar-refractivity contribution in [3.63, 3.8) is 0 Å². The lowest BCUT2D eigenvalue weighted by atomic mass is 10.1. The predicted molar refractivity (Wildman–Crippen MR) is 115 cm³/mol. The van der Waals surface area contributed by atoms with E-state index in [1.165, 1.54) is 6.07 Å². The minimum atomic E-state index is -0.852. The molecule has 168 valence electrons. The van der Waals surface area contributed by atoms with Gasteiger partial charge in [0.25, 0.3) is 0 Å². The third-order valence-electron chi connectivity index (χ3n) is 5.38. The van der Waals surface area contributed by atoms with E-state index in [9.17, 15) is 13.6 Å². The van der Waals surface area contributed by atoms with E-state index in [1.807, 2.05) is 30.3 Å². The number of carbonyl (C=O) groups is 1. The first kappa shape index (κ1) is 22.1. The quantitative estimate of drug-likeness (QED) is 0.608. The van der Waals surface area contributed by atoms with Crippen LogP contribution in [0.15, 0.2) is 52.9 Å². The van der Waals surface area contributed by atoms with Gasteiger partial charge in [0, 0.05) is 31.7 Å². The molecule has 0 unspecified atom stereocenters. The third-order valence-corrected chi connectivity index (χ3v) is 5.38. The summed E-state index contributed by atoms with van der Waals surface area (Å²) in [5.74, 6) is -0.755. The number of aryl methyl sites for hydroxylation is 1. The lowest BCUT2D eigenvalue weighted by molar-refractivity contribution is -0.121. The first-order valence-corrected chi connectivity index (χ1v) is 10.5. The van der Waals surface area contributed by atoms with Gasteiger partial charge in [-0.15, -0.1) is 0 Å². The maximum Gasteiger partial charge on any atom is 0.226 e. The molecule has 0 spiro atoms. The SMILES string of the molecule is Cc1oc(-c2ccccc2)nc1CC(=O)NC[C@H]1CN(Cc2ccc(F)c(F)c2)CCO1. The van der Waals surface area contributed by atoms with Crippen LogP contribution in [0.2, 0.25) is 0 Å². The fourth-order valence-electron chi connectivity index (χ4n) is 3.68. The minimum Gasteiger partial charge on any atom is -0.441 e. The molecule has 1 aliphatic heterocycles. The predicted octanol–water partition coefficient (Wildman–Crippen LogP) is 3.49. The number of morpholine rings is 1. The summed E-state index contributed by atoms with van der Waals surface area (Å²) < 4.78 is 38.0. The number of amides is 1. The average Bonchev–Trinajstić information content (AvgIpc) is 3.16. The Labute approximate surface area is 185 Å². The van der Waals surface area contributed by atoms with E-state index < -0.39 is 11.6 Å². The van der Waals surface area contributed by atoms with Crippen LogP contribution in [0.3, 0.4) is 0 Å². The molecule has 4 rings (SSSR count). The van der Waals surface area contributed by atoms with Gasteiger partial charge in [0.15, 0.2) is 11.6 Å². The molecule has 1 N–H and O–H groups in total. The second-order valence-corrected chi connectivity index (χ2v) is 7.85. The van der Waals surface area contributed by atoms with Crippen molar-refractivity contribution in [2.75, 3.05) is 26.2 Å². The number of carbonyl (C=O) groups excluding carboxylic acids is 1. The largest absolute Gasteiger partial charge is 0.441 e. The Bertz CT molecular complexity index is 1070. The molecule has 1 saturated heterocycles. The van der Waals surface area contributed by atoms with Crippen molar-refractivity contribution in [3.05, 3.63) is 77.2 Å². The molecule has 8 heteroatoms. The normalized spacial score (nSPS) is 16.8. The van der Waals surface area contributed by atoms with Crippen LogP contribution in [0, 0.1) is 18.6 Å². The Morgan fingerprint density at radius 3 is 2.78 bits per heavy atom. The summed E-state index contributed by atoms with van der Waals surface area (Å²) in [6.07, 6.45) is -0.0655. The number of ether oxygens (including phenoxy) is 1. The standard InChI is InChI=1S/C24H25F2N3O3/c1-16-22(28-24(32-16)18-5-3-2-4-6-18)12-23(30)27-13-19-15-29(9-10-31-19)14-17-7-8-20(25)21(26)11-17/h2-8,11,19H,9-10,12-15H2,1H3,(H,27,30)/t19-/m0/s1. The van der Waals surface area contributed by atoms with Gasteiger partial charge < -0.3 is 14.5 Å². The highest BCUT2D eigenvalue weighted by Gasteiger charge is 2.22. The zero-order chi connectivity index (χ0) is 22.5. The third kappa shape index (κ3) is 5.57. The van der Waals surface area contributed by atoms with Crippen LogP contribution >= 0.6 is 0 Å². The molecular weight excluding hydrogens is 416 g/mol. The van der Waals surface area contributed by atoms with E-state index in [2.05, 4.69) is 15.2 Å². The number of aromatic nitrogens is 1. The van der Waals surface area contributed by atoms with Gasteiger partial charge in [-0.1, -0.05) is 24.3 Å². The van der Waals surface area contributed by atoms with Crippen LogP contribution in [-0.2, 0) is 22.5 Å². The molecule has 0 saturated carbocycles. The highest BCUT2D eigenvalue weighted by molar-refractivity contribution is 5.78. The van der Waals surface area contributed by atoms with Gasteiger partial charge in [0.2, 0.25) is 11.8 Å². The minimum absolute atomic E-state index is 0.119. The number of oxazole rings is 1. The Morgan fingerprint density at radius 1 is 1.19 bits per heavy atom. The van der Waals surface area contributed by atoms with E-state index >= 15 is 0 Å². The van der Waals surface area contributed by atoms with Crippen molar-refractivity contribution in [1.29, 1.82) is 0 Å². The van der Waals surface area contributed by atoms with Crippen molar-refractivity contribution in [2.45, 2.75) is 26.0 Å². The molecule has 3 aromatic rings. The highest BCUT2D eigenvalue weighted by atomic mass is 19.2. The summed E-state index contributed by atoms with van der Waals surface area (Å²) in [6, 6.07) is 13.5. The van der Waals surface area contributed by atoms with Crippen LogP contribution in [-0.4, -0.2) is 48.1 Å². The van der Waals surface area contributed by atoms with E-state index in [1.54, 1.807) is 13.0 Å². The fourth-order valence-corrected chi connectivity index (χ4v) is 3.68. The van der Waals surface area contributed by atoms with Gasteiger partial charge in [0.1, 0.15) is 5.76 Å². The molecule has 0 aliphatic carbocycles. The van der Waals surface area contributed by atoms with Crippen molar-refractivity contribution >= 4 is 5.91 Å². The molecular formula is C24H25F2N3O3. The number of benzene rings is 2. The topological polar surface area (TPSA) is 67.6 Å². The number of nitrogens with zero attached hydrogens (tertiary/aromatic N) is 2. The molecule has 1 aromatic heterocycles. The van der Waals surface area contributed by atoms with E-state index in [0.717, 1.165) is 11.6 Å². The highest BCUT2D eigenvalue weighted by Crippen LogP contribution is 2.21. The number of hydrogen-bond donors (Lipinski definition) is 1. The molecule has 1 amide bonds. The molecule has 1 fully saturated rings. The molecule has 0 radical (unpaired) electrons. The first-order valence-electron chi connectivity index (χ1n) is 10.5. The van der Waals surface area contributed by atoms with Crippen LogP contribution in [0.25, 0.3) is 11.5 Å². The van der Waals surface area contributed by atoms with Crippen LogP contribution in [0.5, 0.6) is 0 Å². The fraction of sp³-hybridized carbons (Fsp3) is 0.333. The van der Waals surface area contributed by atoms with E-state index in [0.29, 0.717) is 55.7 Å². The summed E-state index contributed by atoms with van der Waals surface area (Å²) in [6.45, 7) is 4.42. The Morgan fingerprint density at radius 2 is 2.00 bits per heavy atom. The van der Waals surface area contributed by atoms with Crippen molar-refractivity contribution in [1.82, 2.24) is 15.2 Å². The summed E-state index contributed by atoms with van der Waals surface area (Å²) in [5.41, 5.74) is 2.16. The Hall–Kier alpha value is -3.10. The van der Waals surface area contributed by atoms with Crippen molar-refractivity contribution < 1.29 is 22.7 Å². The van der Waals surface area contributed by atoms with Gasteiger partial charge in [-0.25, -0.2) is 13.8 Å². The second kappa shape index (κ2) is 10.0. The number of halogens is 2. The molecule has 1 atom stereocenters. The maximum absolute atomic E-state index is 13.4. The van der Waals surface area contributed by atoms with E-state index in [4.69, 9.17) is 9.15 Å². The Balaban J connectivity index is 1.27. The zero-order valence-corrected chi connectivity index (χ0v) is 17.8. The lowest BCUT2D eigenvalue weighted by Crippen LogP contribution is -2.47. The van der Waals surface area contributed by atoms with Crippen LogP contribution in [0.4, 0.5) is 8.78 Å². The first-order chi connectivity index (χ1) is 15.5. The molecule has 2 aromatic carbocycles. The molecule has 0 bridgehead atoms. The molecule has 1 aliphatic rings. The van der Waals surface area contributed by atoms with Gasteiger partial charge in [-0.05, 0) is 36.8 Å². The molecule has 6 nitrogen and oxygen atoms in total. The second-order valence-electron chi connectivity index (χ2n) is 7.85. The smallest absolute Gasteiger partial charge is 0.226 e. The summed E-state index contributed by atoms with van der Waals surface area (Å²) in [7, 11) is 0. The van der Waals surface area contributed by atoms with Gasteiger partial charge >= 0.3 is 0 Å². The number of nitrogens with one attached hydrogen (secondary N) is 1. The number of rotatable bonds is 7. The van der Waals surface area contributed by atoms with Crippen LogP contribution < -0.4 is 5.32 Å². The average molecular weight is 441 g/mol. The summed E-state index contributed by atoms with van der Waals surface area (Å²) in [5, 5.41) is 2.90. The monoisotopic (exact) mass is 441 g/mol. The van der Waals surface area contributed by atoms with E-state index in [-0.39, 0.29) is 18.4 Å². The van der Waals surface area contributed by atoms with Crippen molar-refractivity contribution in [2.24, 2.45) is 0 Å². The maximum atomic E-state index is 13.4. The summed E-state index contributed by atoms with van der Waals surface area (Å²) in [4.78, 5) is 19.0. The van der Waals surface area contributed by atoms with Gasteiger partial charge in [-0.2, -0.15) is 0 Å². The zero-order valence-electron chi connectivity index (χ0n) is 17.8. The van der Waals surface area contributed by atoms with Crippen LogP contribution in [0.1, 0.15) is 17.0 Å². The molecule has 32 heavy (non-hydrogen) atoms. The summed E-state index contributed by atoms with van der Waals surface area (Å²) >= 11 is 0. The Kier molecular flexibility index (Phi) is 6.92. The molecule has 2 heterocycles. The lowest BCUT2D eigenvalue weighted by Gasteiger charge is -2.33.